The van der Waals surface area contributed by atoms with Crippen molar-refractivity contribution in [2.24, 2.45) is 0 Å². The number of anilines is 1. The summed E-state index contributed by atoms with van der Waals surface area (Å²) in [6, 6.07) is 3.58. The Morgan fingerprint density at radius 3 is 2.77 bits per heavy atom. The van der Waals surface area contributed by atoms with Gasteiger partial charge in [-0.05, 0) is 19.4 Å². The van der Waals surface area contributed by atoms with Crippen molar-refractivity contribution in [3.05, 3.63) is 30.4 Å². The van der Waals surface area contributed by atoms with E-state index in [1.807, 2.05) is 13.0 Å². The van der Waals surface area contributed by atoms with Gasteiger partial charge in [-0.15, -0.1) is 0 Å². The molecule has 0 fully saturated rings. The van der Waals surface area contributed by atoms with Gasteiger partial charge in [0.15, 0.2) is 5.82 Å². The molecule has 0 unspecified atom stereocenters. The Labute approximate surface area is 130 Å². The maximum Gasteiger partial charge on any atom is 0.211 e. The summed E-state index contributed by atoms with van der Waals surface area (Å²) < 4.78 is 27.2. The Morgan fingerprint density at radius 1 is 1.27 bits per heavy atom. The van der Waals surface area contributed by atoms with Gasteiger partial charge in [0.25, 0.3) is 0 Å². The lowest BCUT2D eigenvalue weighted by molar-refractivity contribution is 0.581. The molecular formula is C13H20N6O2S. The summed E-state index contributed by atoms with van der Waals surface area (Å²) in [4.78, 5) is 8.58. The summed E-state index contributed by atoms with van der Waals surface area (Å²) in [6.07, 6.45) is 4.07. The number of aromatic nitrogens is 4. The van der Waals surface area contributed by atoms with E-state index in [2.05, 4.69) is 25.1 Å². The highest BCUT2D eigenvalue weighted by molar-refractivity contribution is 7.89. The predicted molar refractivity (Wildman–Crippen MR) is 84.5 cm³/mol. The van der Waals surface area contributed by atoms with Crippen LogP contribution in [0.2, 0.25) is 0 Å². The molecule has 0 spiro atoms. The minimum Gasteiger partial charge on any atom is -0.369 e. The van der Waals surface area contributed by atoms with E-state index in [0.717, 1.165) is 0 Å². The van der Waals surface area contributed by atoms with Gasteiger partial charge in [-0.2, -0.15) is 5.10 Å². The second-order valence-electron chi connectivity index (χ2n) is 4.75. The number of rotatable bonds is 8. The topological polar surface area (TPSA) is 102 Å². The van der Waals surface area contributed by atoms with E-state index in [1.165, 1.54) is 0 Å². The van der Waals surface area contributed by atoms with Crippen LogP contribution in [0.3, 0.4) is 0 Å². The van der Waals surface area contributed by atoms with Gasteiger partial charge in [-0.3, -0.25) is 0 Å². The van der Waals surface area contributed by atoms with Crippen LogP contribution in [0.5, 0.6) is 0 Å². The van der Waals surface area contributed by atoms with Crippen molar-refractivity contribution < 1.29 is 8.42 Å². The lowest BCUT2D eigenvalue weighted by Crippen LogP contribution is -2.30. The van der Waals surface area contributed by atoms with Crippen molar-refractivity contribution in [1.29, 1.82) is 0 Å². The van der Waals surface area contributed by atoms with E-state index >= 15 is 0 Å². The number of hydrogen-bond donors (Lipinski definition) is 2. The highest BCUT2D eigenvalue weighted by atomic mass is 32.2. The van der Waals surface area contributed by atoms with Crippen molar-refractivity contribution in [3.63, 3.8) is 0 Å². The van der Waals surface area contributed by atoms with Crippen LogP contribution in [0.1, 0.15) is 19.2 Å². The molecule has 0 amide bonds. The smallest absolute Gasteiger partial charge is 0.211 e. The fraction of sp³-hybridized carbons (Fsp3) is 0.462. The third-order valence-corrected chi connectivity index (χ3v) is 4.38. The van der Waals surface area contributed by atoms with Crippen LogP contribution >= 0.6 is 0 Å². The standard InChI is InChI=1S/C13H20N6O2S/c1-3-9-22(20,21)16-7-6-14-12-10-13(18-11(2)17-12)19-8-4-5-15-19/h4-5,8,10,16H,3,6-7,9H2,1-2H3,(H,14,17,18). The third kappa shape index (κ3) is 4.78. The lowest BCUT2D eigenvalue weighted by Gasteiger charge is -2.09. The van der Waals surface area contributed by atoms with Gasteiger partial charge in [-0.25, -0.2) is 27.8 Å². The van der Waals surface area contributed by atoms with Crippen molar-refractivity contribution in [1.82, 2.24) is 24.5 Å². The second-order valence-corrected chi connectivity index (χ2v) is 6.68. The van der Waals surface area contributed by atoms with E-state index in [4.69, 9.17) is 0 Å². The van der Waals surface area contributed by atoms with Crippen LogP contribution in [0.4, 0.5) is 5.82 Å². The molecule has 22 heavy (non-hydrogen) atoms. The summed E-state index contributed by atoms with van der Waals surface area (Å²) in [7, 11) is -3.17. The molecule has 2 aromatic heterocycles. The molecule has 2 heterocycles. The van der Waals surface area contributed by atoms with Crippen LogP contribution in [-0.2, 0) is 10.0 Å². The Morgan fingerprint density at radius 2 is 2.09 bits per heavy atom. The summed E-state index contributed by atoms with van der Waals surface area (Å²) in [5.41, 5.74) is 0. The lowest BCUT2D eigenvalue weighted by atomic mass is 10.4. The van der Waals surface area contributed by atoms with Gasteiger partial charge >= 0.3 is 0 Å². The molecule has 2 N–H and O–H groups in total. The highest BCUT2D eigenvalue weighted by Gasteiger charge is 2.07. The van der Waals surface area contributed by atoms with Gasteiger partial charge in [0.05, 0.1) is 5.75 Å². The highest BCUT2D eigenvalue weighted by Crippen LogP contribution is 2.09. The van der Waals surface area contributed by atoms with E-state index in [9.17, 15) is 8.42 Å². The van der Waals surface area contributed by atoms with Gasteiger partial charge in [0.1, 0.15) is 11.6 Å². The fourth-order valence-corrected chi connectivity index (χ4v) is 3.00. The monoisotopic (exact) mass is 324 g/mol. The Kier molecular flexibility index (Phi) is 5.45. The van der Waals surface area contributed by atoms with Crippen LogP contribution in [0.25, 0.3) is 5.82 Å². The minimum atomic E-state index is -3.17. The Bertz CT molecular complexity index is 699. The first-order valence-electron chi connectivity index (χ1n) is 7.07. The largest absolute Gasteiger partial charge is 0.369 e. The minimum absolute atomic E-state index is 0.142. The van der Waals surface area contributed by atoms with Gasteiger partial charge in [-0.1, -0.05) is 6.92 Å². The summed E-state index contributed by atoms with van der Waals surface area (Å²) >= 11 is 0. The summed E-state index contributed by atoms with van der Waals surface area (Å²) in [5.74, 6) is 2.05. The second kappa shape index (κ2) is 7.32. The fourth-order valence-electron chi connectivity index (χ4n) is 1.90. The number of sulfonamides is 1. The zero-order chi connectivity index (χ0) is 16.0. The molecule has 0 atom stereocenters. The molecule has 0 aliphatic heterocycles. The van der Waals surface area contributed by atoms with E-state index < -0.39 is 10.0 Å². The first-order valence-corrected chi connectivity index (χ1v) is 8.72. The molecule has 0 aromatic carbocycles. The Balaban J connectivity index is 1.93. The average molecular weight is 324 g/mol. The van der Waals surface area contributed by atoms with Gasteiger partial charge in [0.2, 0.25) is 10.0 Å². The van der Waals surface area contributed by atoms with Crippen LogP contribution < -0.4 is 10.0 Å². The van der Waals surface area contributed by atoms with Crippen molar-refractivity contribution >= 4 is 15.8 Å². The van der Waals surface area contributed by atoms with Gasteiger partial charge < -0.3 is 5.32 Å². The molecule has 9 heteroatoms. The molecule has 0 aliphatic rings. The number of aryl methyl sites for hydroxylation is 1. The molecule has 0 bridgehead atoms. The zero-order valence-electron chi connectivity index (χ0n) is 12.7. The first-order chi connectivity index (χ1) is 10.5. The molecule has 0 radical (unpaired) electrons. The summed E-state index contributed by atoms with van der Waals surface area (Å²) in [5, 5.41) is 7.21. The number of hydrogen-bond acceptors (Lipinski definition) is 6. The number of nitrogens with zero attached hydrogens (tertiary/aromatic N) is 4. The third-order valence-electron chi connectivity index (χ3n) is 2.79. The quantitative estimate of drug-likeness (QED) is 0.694. The molecule has 8 nitrogen and oxygen atoms in total. The SMILES string of the molecule is CCCS(=O)(=O)NCCNc1cc(-n2cccn2)nc(C)n1. The maximum absolute atomic E-state index is 11.5. The van der Waals surface area contributed by atoms with Crippen LogP contribution in [0, 0.1) is 6.92 Å². The zero-order valence-corrected chi connectivity index (χ0v) is 13.5. The average Bonchev–Trinajstić information content (AvgIpc) is 2.97. The van der Waals surface area contributed by atoms with E-state index in [1.54, 1.807) is 30.1 Å². The van der Waals surface area contributed by atoms with E-state index in [0.29, 0.717) is 37.0 Å². The molecule has 120 valence electrons. The first kappa shape index (κ1) is 16.4. The van der Waals surface area contributed by atoms with Crippen molar-refractivity contribution in [3.8, 4) is 5.82 Å². The molecule has 2 rings (SSSR count). The van der Waals surface area contributed by atoms with Crippen molar-refractivity contribution in [2.75, 3.05) is 24.2 Å². The van der Waals surface area contributed by atoms with Gasteiger partial charge in [0, 0.05) is 31.5 Å². The van der Waals surface area contributed by atoms with Crippen molar-refractivity contribution in [2.45, 2.75) is 20.3 Å². The molecule has 2 aromatic rings. The van der Waals surface area contributed by atoms with Crippen LogP contribution in [-0.4, -0.2) is 47.0 Å². The normalized spacial score (nSPS) is 11.5. The molecular weight excluding hydrogens is 304 g/mol. The predicted octanol–water partition coefficient (Wildman–Crippen LogP) is 0.712. The maximum atomic E-state index is 11.5. The van der Waals surface area contributed by atoms with E-state index in [-0.39, 0.29) is 5.75 Å². The Hall–Kier alpha value is -2.00. The molecule has 0 saturated heterocycles. The number of nitrogens with one attached hydrogen (secondary N) is 2. The summed E-state index contributed by atoms with van der Waals surface area (Å²) in [6.45, 7) is 4.38. The molecule has 0 saturated carbocycles. The molecule has 0 aliphatic carbocycles. The van der Waals surface area contributed by atoms with Crippen LogP contribution in [0.15, 0.2) is 24.5 Å².